The molecule has 0 amide bonds. The van der Waals surface area contributed by atoms with E-state index in [4.69, 9.17) is 0 Å². The number of ether oxygens (including phenoxy) is 1. The first-order valence-electron chi connectivity index (χ1n) is 8.29. The number of hydrogen-bond donors (Lipinski definition) is 2. The van der Waals surface area contributed by atoms with E-state index in [1.54, 1.807) is 10.7 Å². The summed E-state index contributed by atoms with van der Waals surface area (Å²) in [5.74, 6) is -0.188. The summed E-state index contributed by atoms with van der Waals surface area (Å²) in [5, 5.41) is 17.1. The molecule has 2 heterocycles. The lowest BCUT2D eigenvalue weighted by Crippen LogP contribution is -2.44. The molecule has 0 spiro atoms. The van der Waals surface area contributed by atoms with Crippen LogP contribution in [0.1, 0.15) is 32.4 Å². The SMILES string of the molecule is CC(C)(C)OC=O.Oc1ccc(C(F)(F)F)cc1-c1ccnn1C1CNC1. The van der Waals surface area contributed by atoms with E-state index in [1.165, 1.54) is 6.20 Å². The third-order valence-corrected chi connectivity index (χ3v) is 3.78. The van der Waals surface area contributed by atoms with Gasteiger partial charge in [-0.25, -0.2) is 0 Å². The van der Waals surface area contributed by atoms with Crippen molar-refractivity contribution >= 4 is 6.47 Å². The van der Waals surface area contributed by atoms with Gasteiger partial charge in [-0.3, -0.25) is 9.48 Å². The van der Waals surface area contributed by atoms with Crippen molar-refractivity contribution in [2.24, 2.45) is 0 Å². The van der Waals surface area contributed by atoms with Gasteiger partial charge in [0.1, 0.15) is 11.4 Å². The molecule has 6 nitrogen and oxygen atoms in total. The van der Waals surface area contributed by atoms with Crippen LogP contribution in [0.5, 0.6) is 5.75 Å². The third-order valence-electron chi connectivity index (χ3n) is 3.78. The fourth-order valence-electron chi connectivity index (χ4n) is 2.33. The standard InChI is InChI=1S/C13H12F3N3O.C5H10O2/c14-13(15,16)8-1-2-12(20)10(5-8)11-3-4-18-19(11)9-6-17-7-9;1-5(2,3)7-4-6/h1-5,9,17,20H,6-7H2;4H,1-3H3. The number of phenolic OH excluding ortho intramolecular Hbond substituents is 1. The van der Waals surface area contributed by atoms with Gasteiger partial charge >= 0.3 is 6.18 Å². The molecule has 2 N–H and O–H groups in total. The Bertz CT molecular complexity index is 778. The quantitative estimate of drug-likeness (QED) is 0.793. The van der Waals surface area contributed by atoms with Crippen LogP contribution in [0, 0.1) is 0 Å². The maximum absolute atomic E-state index is 12.8. The zero-order valence-electron chi connectivity index (χ0n) is 15.2. The van der Waals surface area contributed by atoms with Crippen molar-refractivity contribution in [1.82, 2.24) is 15.1 Å². The number of aromatic hydroxyl groups is 1. The lowest BCUT2D eigenvalue weighted by Gasteiger charge is -2.29. The molecule has 1 aliphatic rings. The first kappa shape index (κ1) is 20.8. The fraction of sp³-hybridized carbons (Fsp3) is 0.444. The number of carbonyl (C=O) groups is 1. The highest BCUT2D eigenvalue weighted by atomic mass is 19.4. The molecular weight excluding hydrogens is 363 g/mol. The topological polar surface area (TPSA) is 76.4 Å². The number of hydrogen-bond acceptors (Lipinski definition) is 5. The number of halogens is 3. The molecule has 1 aliphatic heterocycles. The minimum atomic E-state index is -4.44. The maximum atomic E-state index is 12.8. The van der Waals surface area contributed by atoms with Gasteiger partial charge in [-0.2, -0.15) is 18.3 Å². The van der Waals surface area contributed by atoms with Crippen LogP contribution < -0.4 is 5.32 Å². The summed E-state index contributed by atoms with van der Waals surface area (Å²) in [5.41, 5.74) is -0.476. The number of nitrogens with zero attached hydrogens (tertiary/aromatic N) is 2. The number of phenols is 1. The molecule has 2 aromatic rings. The lowest BCUT2D eigenvalue weighted by molar-refractivity contribution is -0.139. The summed E-state index contributed by atoms with van der Waals surface area (Å²) in [4.78, 5) is 9.60. The Kier molecular flexibility index (Phi) is 6.15. The highest BCUT2D eigenvalue weighted by Gasteiger charge is 2.32. The van der Waals surface area contributed by atoms with Gasteiger partial charge < -0.3 is 15.2 Å². The molecule has 1 aromatic carbocycles. The van der Waals surface area contributed by atoms with Gasteiger partial charge in [-0.15, -0.1) is 0 Å². The molecule has 0 bridgehead atoms. The van der Waals surface area contributed by atoms with Gasteiger partial charge in [0.2, 0.25) is 0 Å². The molecular formula is C18H22F3N3O3. The van der Waals surface area contributed by atoms with Crippen LogP contribution in [0.15, 0.2) is 30.5 Å². The van der Waals surface area contributed by atoms with Crippen molar-refractivity contribution in [3.63, 3.8) is 0 Å². The Balaban J connectivity index is 0.000000321. The number of alkyl halides is 3. The van der Waals surface area contributed by atoms with Crippen molar-refractivity contribution in [3.05, 3.63) is 36.0 Å². The molecule has 0 saturated carbocycles. The second-order valence-electron chi connectivity index (χ2n) is 7.03. The zero-order chi connectivity index (χ0) is 20.2. The summed E-state index contributed by atoms with van der Waals surface area (Å²) < 4.78 is 44.5. The predicted octanol–water partition coefficient (Wildman–Crippen LogP) is 3.38. The van der Waals surface area contributed by atoms with Crippen molar-refractivity contribution in [2.45, 2.75) is 38.6 Å². The normalized spacial score (nSPS) is 14.7. The molecule has 1 saturated heterocycles. The summed E-state index contributed by atoms with van der Waals surface area (Å²) >= 11 is 0. The highest BCUT2D eigenvalue weighted by molar-refractivity contribution is 5.68. The van der Waals surface area contributed by atoms with Gasteiger partial charge in [0, 0.05) is 24.8 Å². The van der Waals surface area contributed by atoms with Gasteiger partial charge in [-0.1, -0.05) is 0 Å². The molecule has 27 heavy (non-hydrogen) atoms. The molecule has 0 aliphatic carbocycles. The Morgan fingerprint density at radius 1 is 1.26 bits per heavy atom. The van der Waals surface area contributed by atoms with Crippen molar-refractivity contribution in [3.8, 4) is 17.0 Å². The van der Waals surface area contributed by atoms with E-state index >= 15 is 0 Å². The summed E-state index contributed by atoms with van der Waals surface area (Å²) in [6, 6.07) is 4.59. The van der Waals surface area contributed by atoms with E-state index in [2.05, 4.69) is 15.2 Å². The number of rotatable bonds is 3. The van der Waals surface area contributed by atoms with Crippen molar-refractivity contribution in [1.29, 1.82) is 0 Å². The molecule has 148 valence electrons. The van der Waals surface area contributed by atoms with Gasteiger partial charge in [0.05, 0.1) is 17.3 Å². The van der Waals surface area contributed by atoms with E-state index < -0.39 is 11.7 Å². The van der Waals surface area contributed by atoms with Crippen LogP contribution in [0.25, 0.3) is 11.3 Å². The predicted molar refractivity (Wildman–Crippen MR) is 93.1 cm³/mol. The molecule has 0 radical (unpaired) electrons. The summed E-state index contributed by atoms with van der Waals surface area (Å²) in [6.07, 6.45) is -2.92. The molecule has 0 unspecified atom stereocenters. The first-order valence-corrected chi connectivity index (χ1v) is 8.29. The second kappa shape index (κ2) is 7.99. The number of carbonyl (C=O) groups excluding carboxylic acids is 1. The molecule has 1 fully saturated rings. The molecule has 9 heteroatoms. The van der Waals surface area contributed by atoms with Crippen LogP contribution in [0.4, 0.5) is 13.2 Å². The third kappa shape index (κ3) is 5.46. The van der Waals surface area contributed by atoms with Gasteiger partial charge in [0.25, 0.3) is 6.47 Å². The van der Waals surface area contributed by atoms with Crippen LogP contribution in [-0.4, -0.2) is 40.0 Å². The van der Waals surface area contributed by atoms with Crippen molar-refractivity contribution in [2.75, 3.05) is 13.1 Å². The Hall–Kier alpha value is -2.55. The minimum Gasteiger partial charge on any atom is -0.507 e. The lowest BCUT2D eigenvalue weighted by atomic mass is 10.1. The summed E-state index contributed by atoms with van der Waals surface area (Å²) in [6.45, 7) is 7.35. The smallest absolute Gasteiger partial charge is 0.416 e. The van der Waals surface area contributed by atoms with E-state index in [1.807, 2.05) is 20.8 Å². The van der Waals surface area contributed by atoms with Crippen LogP contribution in [0.2, 0.25) is 0 Å². The minimum absolute atomic E-state index is 0.106. The fourth-order valence-corrected chi connectivity index (χ4v) is 2.33. The van der Waals surface area contributed by atoms with E-state index in [-0.39, 0.29) is 23.0 Å². The van der Waals surface area contributed by atoms with Gasteiger partial charge in [0.15, 0.2) is 0 Å². The maximum Gasteiger partial charge on any atom is 0.416 e. The van der Waals surface area contributed by atoms with Crippen molar-refractivity contribution < 1.29 is 27.8 Å². The van der Waals surface area contributed by atoms with Crippen LogP contribution >= 0.6 is 0 Å². The van der Waals surface area contributed by atoms with Crippen LogP contribution in [-0.2, 0) is 15.7 Å². The number of nitrogens with one attached hydrogen (secondary N) is 1. The molecule has 0 atom stereocenters. The van der Waals surface area contributed by atoms with E-state index in [0.717, 1.165) is 18.2 Å². The monoisotopic (exact) mass is 385 g/mol. The number of benzene rings is 1. The van der Waals surface area contributed by atoms with Crippen LogP contribution in [0.3, 0.4) is 0 Å². The highest BCUT2D eigenvalue weighted by Crippen LogP contribution is 2.37. The average Bonchev–Trinajstić information content (AvgIpc) is 2.93. The summed E-state index contributed by atoms with van der Waals surface area (Å²) in [7, 11) is 0. The molecule has 3 rings (SSSR count). The Morgan fingerprint density at radius 2 is 1.93 bits per heavy atom. The van der Waals surface area contributed by atoms with Gasteiger partial charge in [-0.05, 0) is 45.0 Å². The number of aromatic nitrogens is 2. The zero-order valence-corrected chi connectivity index (χ0v) is 15.2. The first-order chi connectivity index (χ1) is 12.5. The van der Waals surface area contributed by atoms with E-state index in [0.29, 0.717) is 25.3 Å². The van der Waals surface area contributed by atoms with E-state index in [9.17, 15) is 23.1 Å². The Labute approximate surface area is 154 Å². The average molecular weight is 385 g/mol. The largest absolute Gasteiger partial charge is 0.507 e. The second-order valence-corrected chi connectivity index (χ2v) is 7.03. The Morgan fingerprint density at radius 3 is 2.37 bits per heavy atom. The molecule has 1 aromatic heterocycles.